The first kappa shape index (κ1) is 19.2. The van der Waals surface area contributed by atoms with Gasteiger partial charge in [-0.25, -0.2) is 4.79 Å². The zero-order valence-electron chi connectivity index (χ0n) is 16.5. The van der Waals surface area contributed by atoms with Crippen LogP contribution in [0.3, 0.4) is 0 Å². The number of allylic oxidation sites excluding steroid dienone is 1. The molecule has 0 N–H and O–H groups in total. The second kappa shape index (κ2) is 7.59. The summed E-state index contributed by atoms with van der Waals surface area (Å²) in [6, 6.07) is 2.06. The van der Waals surface area contributed by atoms with Gasteiger partial charge in [-0.2, -0.15) is 0 Å². The number of hydrogen-bond acceptors (Lipinski definition) is 4. The Morgan fingerprint density at radius 2 is 2.15 bits per heavy atom. The highest BCUT2D eigenvalue weighted by Gasteiger charge is 2.55. The number of carbonyl (C=O) groups is 1. The highest BCUT2D eigenvalue weighted by atomic mass is 16.5. The van der Waals surface area contributed by atoms with E-state index in [2.05, 4.69) is 26.0 Å². The molecule has 1 fully saturated rings. The van der Waals surface area contributed by atoms with Crippen LogP contribution in [-0.2, 0) is 20.7 Å². The number of rotatable bonds is 5. The molecule has 4 atom stereocenters. The Morgan fingerprint density at radius 3 is 2.81 bits per heavy atom. The lowest BCUT2D eigenvalue weighted by molar-refractivity contribution is -0.157. The predicted octanol–water partition coefficient (Wildman–Crippen LogP) is 4.93. The molecule has 1 heterocycles. The fourth-order valence-electron chi connectivity index (χ4n) is 5.40. The molecule has 0 saturated heterocycles. The van der Waals surface area contributed by atoms with Gasteiger partial charge in [-0.1, -0.05) is 19.9 Å². The van der Waals surface area contributed by atoms with Gasteiger partial charge in [-0.05, 0) is 67.4 Å². The Hall–Kier alpha value is -1.55. The quantitative estimate of drug-likeness (QED) is 0.698. The van der Waals surface area contributed by atoms with E-state index in [1.54, 1.807) is 6.26 Å². The number of fused-ring (bicyclic) bond motifs is 1. The van der Waals surface area contributed by atoms with Crippen molar-refractivity contribution in [2.75, 3.05) is 14.2 Å². The van der Waals surface area contributed by atoms with Gasteiger partial charge in [0.25, 0.3) is 0 Å². The van der Waals surface area contributed by atoms with Crippen LogP contribution < -0.4 is 0 Å². The second-order valence-electron chi connectivity index (χ2n) is 8.37. The number of ether oxygens (including phenoxy) is 2. The molecule has 0 spiro atoms. The average Bonchev–Trinajstić information content (AvgIpc) is 3.09. The van der Waals surface area contributed by atoms with Gasteiger partial charge in [-0.15, -0.1) is 0 Å². The lowest BCUT2D eigenvalue weighted by Gasteiger charge is -2.56. The van der Waals surface area contributed by atoms with Gasteiger partial charge in [0.05, 0.1) is 25.2 Å². The molecule has 2 aliphatic carbocycles. The number of aryl methyl sites for hydroxylation is 1. The maximum Gasteiger partial charge on any atom is 0.333 e. The van der Waals surface area contributed by atoms with E-state index in [0.29, 0.717) is 18.3 Å². The van der Waals surface area contributed by atoms with Crippen molar-refractivity contribution in [1.29, 1.82) is 0 Å². The summed E-state index contributed by atoms with van der Waals surface area (Å²) in [5, 5.41) is 0. The van der Waals surface area contributed by atoms with Crippen molar-refractivity contribution < 1.29 is 18.7 Å². The summed E-state index contributed by atoms with van der Waals surface area (Å²) in [5.41, 5.74) is 1.94. The van der Waals surface area contributed by atoms with Crippen LogP contribution in [-0.4, -0.2) is 25.8 Å². The van der Waals surface area contributed by atoms with Crippen molar-refractivity contribution in [3.8, 4) is 0 Å². The monoisotopic (exact) mass is 360 g/mol. The molecule has 2 aliphatic rings. The van der Waals surface area contributed by atoms with Crippen LogP contribution in [0.5, 0.6) is 0 Å². The fourth-order valence-corrected chi connectivity index (χ4v) is 5.40. The largest absolute Gasteiger partial charge is 0.472 e. The minimum atomic E-state index is -0.270. The van der Waals surface area contributed by atoms with E-state index in [-0.39, 0.29) is 17.0 Å². The number of methoxy groups -OCH3 is 2. The van der Waals surface area contributed by atoms with E-state index in [9.17, 15) is 4.79 Å². The Balaban J connectivity index is 1.88. The van der Waals surface area contributed by atoms with E-state index >= 15 is 0 Å². The number of hydrogen-bond donors (Lipinski definition) is 0. The molecule has 0 aromatic carbocycles. The zero-order valence-corrected chi connectivity index (χ0v) is 16.5. The Labute approximate surface area is 156 Å². The third-order valence-corrected chi connectivity index (χ3v) is 7.28. The van der Waals surface area contributed by atoms with Crippen molar-refractivity contribution in [2.24, 2.45) is 17.3 Å². The Morgan fingerprint density at radius 1 is 1.35 bits per heavy atom. The summed E-state index contributed by atoms with van der Waals surface area (Å²) in [6.07, 6.45) is 12.6. The van der Waals surface area contributed by atoms with E-state index in [1.165, 1.54) is 12.7 Å². The smallest absolute Gasteiger partial charge is 0.333 e. The molecular formula is C22H32O4. The van der Waals surface area contributed by atoms with E-state index in [0.717, 1.165) is 44.1 Å². The second-order valence-corrected chi connectivity index (χ2v) is 8.37. The van der Waals surface area contributed by atoms with Crippen molar-refractivity contribution >= 4 is 5.97 Å². The molecule has 4 nitrogen and oxygen atoms in total. The van der Waals surface area contributed by atoms with Crippen LogP contribution in [0.1, 0.15) is 57.9 Å². The van der Waals surface area contributed by atoms with Crippen LogP contribution in [0.15, 0.2) is 34.7 Å². The molecule has 1 aromatic rings. The first-order valence-corrected chi connectivity index (χ1v) is 9.79. The lowest BCUT2D eigenvalue weighted by atomic mass is 9.52. The van der Waals surface area contributed by atoms with Crippen LogP contribution >= 0.6 is 0 Å². The van der Waals surface area contributed by atoms with E-state index in [1.807, 2.05) is 13.4 Å². The van der Waals surface area contributed by atoms with Gasteiger partial charge in [-0.3, -0.25) is 0 Å². The first-order valence-electron chi connectivity index (χ1n) is 9.79. The van der Waals surface area contributed by atoms with Crippen molar-refractivity contribution in [1.82, 2.24) is 0 Å². The molecule has 1 aromatic heterocycles. The van der Waals surface area contributed by atoms with Crippen LogP contribution in [0.4, 0.5) is 0 Å². The van der Waals surface area contributed by atoms with E-state index in [4.69, 9.17) is 13.9 Å². The molecule has 26 heavy (non-hydrogen) atoms. The molecule has 0 bridgehead atoms. The molecule has 1 saturated carbocycles. The minimum absolute atomic E-state index is 0.172. The van der Waals surface area contributed by atoms with Crippen LogP contribution in [0.2, 0.25) is 0 Å². The maximum atomic E-state index is 12.2. The topological polar surface area (TPSA) is 48.7 Å². The highest BCUT2D eigenvalue weighted by molar-refractivity contribution is 5.88. The molecule has 0 amide bonds. The van der Waals surface area contributed by atoms with Crippen LogP contribution in [0, 0.1) is 17.3 Å². The lowest BCUT2D eigenvalue weighted by Crippen LogP contribution is -2.54. The summed E-state index contributed by atoms with van der Waals surface area (Å²) < 4.78 is 16.5. The molecule has 144 valence electrons. The Kier molecular flexibility index (Phi) is 5.61. The van der Waals surface area contributed by atoms with Gasteiger partial charge in [0.2, 0.25) is 0 Å². The molecular weight excluding hydrogens is 328 g/mol. The van der Waals surface area contributed by atoms with Gasteiger partial charge in [0, 0.05) is 19.1 Å². The van der Waals surface area contributed by atoms with Crippen molar-refractivity contribution in [3.63, 3.8) is 0 Å². The average molecular weight is 360 g/mol. The van der Waals surface area contributed by atoms with Crippen LogP contribution in [0.25, 0.3) is 0 Å². The zero-order chi connectivity index (χ0) is 18.8. The molecule has 4 heteroatoms. The first-order chi connectivity index (χ1) is 12.4. The van der Waals surface area contributed by atoms with Gasteiger partial charge in [0.1, 0.15) is 0 Å². The van der Waals surface area contributed by atoms with Gasteiger partial charge >= 0.3 is 5.97 Å². The number of carbonyl (C=O) groups excluding carboxylic acids is 1. The summed E-state index contributed by atoms with van der Waals surface area (Å²) >= 11 is 0. The fraction of sp³-hybridized carbons (Fsp3) is 0.682. The van der Waals surface area contributed by atoms with Crippen molar-refractivity contribution in [2.45, 2.75) is 64.4 Å². The standard InChI is InChI=1S/C22H32O4/c1-16-8-12-22(25-4)14-18(20(23)24-3)6-5-7-19(22)21(16,2)11-9-17-10-13-26-15-17/h6,10,13,15-16,19H,5,7-9,11-12,14H2,1-4H3. The SMILES string of the molecule is COC(=O)C1=CCCC2C(OC)(CCC(C)C2(C)CCc2ccoc2)C1. The number of furan rings is 1. The normalized spacial score (nSPS) is 34.5. The summed E-state index contributed by atoms with van der Waals surface area (Å²) in [5.74, 6) is 0.845. The Bertz CT molecular complexity index is 647. The number of esters is 1. The molecule has 0 aliphatic heterocycles. The molecule has 0 radical (unpaired) electrons. The van der Waals surface area contributed by atoms with Gasteiger partial charge in [0.15, 0.2) is 0 Å². The van der Waals surface area contributed by atoms with Crippen molar-refractivity contribution in [3.05, 3.63) is 35.8 Å². The summed E-state index contributed by atoms with van der Waals surface area (Å²) in [7, 11) is 3.28. The minimum Gasteiger partial charge on any atom is -0.472 e. The predicted molar refractivity (Wildman–Crippen MR) is 101 cm³/mol. The summed E-state index contributed by atoms with van der Waals surface area (Å²) in [4.78, 5) is 12.2. The molecule has 4 unspecified atom stereocenters. The molecule has 3 rings (SSSR count). The van der Waals surface area contributed by atoms with Gasteiger partial charge < -0.3 is 13.9 Å². The summed E-state index contributed by atoms with van der Waals surface area (Å²) in [6.45, 7) is 4.81. The highest BCUT2D eigenvalue weighted by Crippen LogP contribution is 2.57. The third-order valence-electron chi connectivity index (χ3n) is 7.28. The third kappa shape index (κ3) is 3.36. The maximum absolute atomic E-state index is 12.2. The van der Waals surface area contributed by atoms with E-state index < -0.39 is 0 Å².